The van der Waals surface area contributed by atoms with Gasteiger partial charge in [0.05, 0.1) is 21.7 Å². The highest BCUT2D eigenvalue weighted by molar-refractivity contribution is 7.98. The van der Waals surface area contributed by atoms with Crippen LogP contribution in [-0.4, -0.2) is 28.1 Å². The summed E-state index contributed by atoms with van der Waals surface area (Å²) in [6.45, 7) is 4.98. The second-order valence-electron chi connectivity index (χ2n) is 6.24. The number of aromatic nitrogens is 4. The van der Waals surface area contributed by atoms with Crippen LogP contribution in [0.3, 0.4) is 0 Å². The molecule has 0 saturated heterocycles. The summed E-state index contributed by atoms with van der Waals surface area (Å²) in [5.74, 6) is 1.80. The summed E-state index contributed by atoms with van der Waals surface area (Å²) in [7, 11) is -3.76. The average molecular weight is 410 g/mol. The molecule has 3 rings (SSSR count). The molecule has 0 unspecified atom stereocenters. The maximum Gasteiger partial charge on any atom is 0.238 e. The molecule has 3 aromatic rings. The Morgan fingerprint density at radius 1 is 1.22 bits per heavy atom. The van der Waals surface area contributed by atoms with Crippen LogP contribution >= 0.6 is 11.8 Å². The topological polar surface area (TPSA) is 117 Å². The van der Waals surface area contributed by atoms with Gasteiger partial charge in [0.1, 0.15) is 0 Å². The Morgan fingerprint density at radius 2 is 2.04 bits per heavy atom. The molecule has 146 valence electrons. The van der Waals surface area contributed by atoms with Crippen molar-refractivity contribution in [2.45, 2.75) is 61.9 Å². The predicted octanol–water partition coefficient (Wildman–Crippen LogP) is 3.11. The number of benzene rings is 1. The Kier molecular flexibility index (Phi) is 6.18. The lowest BCUT2D eigenvalue weighted by molar-refractivity contribution is 0.384. The van der Waals surface area contributed by atoms with Gasteiger partial charge in [-0.25, -0.2) is 18.5 Å². The van der Waals surface area contributed by atoms with Crippen LogP contribution in [0.2, 0.25) is 0 Å². The lowest BCUT2D eigenvalue weighted by atomic mass is 10.2. The van der Waals surface area contributed by atoms with Crippen molar-refractivity contribution in [3.63, 3.8) is 0 Å². The minimum atomic E-state index is -3.76. The molecule has 0 aliphatic carbocycles. The van der Waals surface area contributed by atoms with Gasteiger partial charge in [-0.1, -0.05) is 37.2 Å². The number of sulfonamides is 1. The van der Waals surface area contributed by atoms with Crippen molar-refractivity contribution in [1.82, 2.24) is 19.7 Å². The minimum absolute atomic E-state index is 0.0603. The number of rotatable bonds is 9. The first-order chi connectivity index (χ1) is 12.9. The Morgan fingerprint density at radius 3 is 2.74 bits per heavy atom. The van der Waals surface area contributed by atoms with Crippen molar-refractivity contribution < 1.29 is 12.9 Å². The van der Waals surface area contributed by atoms with Crippen LogP contribution in [0.4, 0.5) is 0 Å². The van der Waals surface area contributed by atoms with E-state index in [1.54, 1.807) is 6.07 Å². The third kappa shape index (κ3) is 4.69. The highest BCUT2D eigenvalue weighted by Crippen LogP contribution is 2.28. The van der Waals surface area contributed by atoms with Gasteiger partial charge >= 0.3 is 0 Å². The zero-order valence-electron chi connectivity index (χ0n) is 15.4. The molecule has 2 aromatic heterocycles. The average Bonchev–Trinajstić information content (AvgIpc) is 3.22. The van der Waals surface area contributed by atoms with Gasteiger partial charge in [0, 0.05) is 13.0 Å². The van der Waals surface area contributed by atoms with Crippen LogP contribution < -0.4 is 5.14 Å². The normalized spacial score (nSPS) is 12.1. The third-order valence-corrected chi connectivity index (χ3v) is 5.92. The monoisotopic (exact) mass is 409 g/mol. The summed E-state index contributed by atoms with van der Waals surface area (Å²) in [5.41, 5.74) is 1.48. The summed E-state index contributed by atoms with van der Waals surface area (Å²) in [5, 5.41) is 10.0. The molecule has 0 spiro atoms. The fourth-order valence-corrected chi connectivity index (χ4v) is 4.14. The number of nitrogens with zero attached hydrogens (tertiary/aromatic N) is 4. The molecule has 27 heavy (non-hydrogen) atoms. The van der Waals surface area contributed by atoms with Crippen LogP contribution in [-0.2, 0) is 28.7 Å². The first-order valence-corrected chi connectivity index (χ1v) is 11.4. The van der Waals surface area contributed by atoms with Crippen molar-refractivity contribution in [3.8, 4) is 0 Å². The molecule has 0 aliphatic heterocycles. The number of primary sulfonamides is 1. The van der Waals surface area contributed by atoms with Gasteiger partial charge in [-0.15, -0.1) is 0 Å². The molecular weight excluding hydrogens is 386 g/mol. The van der Waals surface area contributed by atoms with Crippen LogP contribution in [0.5, 0.6) is 0 Å². The summed E-state index contributed by atoms with van der Waals surface area (Å²) < 4.78 is 30.6. The number of hydrogen-bond acceptors (Lipinski definition) is 7. The second-order valence-corrected chi connectivity index (χ2v) is 8.74. The summed E-state index contributed by atoms with van der Waals surface area (Å²) in [6.07, 6.45) is 3.86. The van der Waals surface area contributed by atoms with Crippen molar-refractivity contribution in [3.05, 3.63) is 29.9 Å². The molecule has 2 N–H and O–H groups in total. The van der Waals surface area contributed by atoms with E-state index in [1.165, 1.54) is 23.9 Å². The summed E-state index contributed by atoms with van der Waals surface area (Å²) in [6, 6.07) is 4.77. The van der Waals surface area contributed by atoms with Crippen LogP contribution in [0.15, 0.2) is 32.8 Å². The minimum Gasteiger partial charge on any atom is -0.338 e. The smallest absolute Gasteiger partial charge is 0.238 e. The number of unbranched alkanes of at least 4 members (excludes halogenated alkanes) is 1. The summed E-state index contributed by atoms with van der Waals surface area (Å²) >= 11 is 1.49. The number of imidazole rings is 1. The van der Waals surface area contributed by atoms with E-state index in [0.717, 1.165) is 48.7 Å². The van der Waals surface area contributed by atoms with Crippen LogP contribution in [0.25, 0.3) is 11.0 Å². The molecule has 0 aliphatic rings. The maximum atomic E-state index is 11.6. The zero-order chi connectivity index (χ0) is 19.4. The Balaban J connectivity index is 1.84. The molecule has 10 heteroatoms. The number of hydrogen-bond donors (Lipinski definition) is 1. The van der Waals surface area contributed by atoms with Crippen LogP contribution in [0, 0.1) is 0 Å². The van der Waals surface area contributed by atoms with Crippen molar-refractivity contribution in [1.29, 1.82) is 0 Å². The van der Waals surface area contributed by atoms with E-state index in [1.807, 2.05) is 0 Å². The lowest BCUT2D eigenvalue weighted by Gasteiger charge is -2.06. The van der Waals surface area contributed by atoms with Gasteiger partial charge in [0.25, 0.3) is 0 Å². The highest BCUT2D eigenvalue weighted by Gasteiger charge is 2.16. The van der Waals surface area contributed by atoms with Gasteiger partial charge in [-0.05, 0) is 31.0 Å². The quantitative estimate of drug-likeness (QED) is 0.540. The molecule has 1 aromatic carbocycles. The fourth-order valence-electron chi connectivity index (χ4n) is 2.73. The Bertz CT molecular complexity index is 1030. The maximum absolute atomic E-state index is 11.6. The standard InChI is InChI=1S/C17H23N5O3S2/c1-3-5-6-15-20-16(25-21-15)11-26-17-19-13-10-12(27(18,23)24)7-8-14(13)22(17)9-4-2/h7-8,10H,3-6,9,11H2,1-2H3,(H2,18,23,24). The lowest BCUT2D eigenvalue weighted by Crippen LogP contribution is -2.11. The van der Waals surface area contributed by atoms with E-state index < -0.39 is 10.0 Å². The van der Waals surface area contributed by atoms with E-state index >= 15 is 0 Å². The summed E-state index contributed by atoms with van der Waals surface area (Å²) in [4.78, 5) is 9.06. The molecule has 0 radical (unpaired) electrons. The molecular formula is C17H23N5O3S2. The third-order valence-electron chi connectivity index (χ3n) is 4.05. The van der Waals surface area contributed by atoms with Crippen molar-refractivity contribution in [2.24, 2.45) is 5.14 Å². The van der Waals surface area contributed by atoms with Gasteiger partial charge < -0.3 is 9.09 Å². The first-order valence-electron chi connectivity index (χ1n) is 8.89. The molecule has 8 nitrogen and oxygen atoms in total. The molecule has 0 atom stereocenters. The number of thioether (sulfide) groups is 1. The molecule has 0 saturated carbocycles. The van der Waals surface area contributed by atoms with Gasteiger partial charge in [0.15, 0.2) is 11.0 Å². The van der Waals surface area contributed by atoms with Crippen LogP contribution in [0.1, 0.15) is 44.8 Å². The Labute approximate surface area is 162 Å². The number of fused-ring (bicyclic) bond motifs is 1. The Hall–Kier alpha value is -1.91. The largest absolute Gasteiger partial charge is 0.338 e. The predicted molar refractivity (Wildman–Crippen MR) is 104 cm³/mol. The van der Waals surface area contributed by atoms with E-state index in [9.17, 15) is 8.42 Å². The van der Waals surface area contributed by atoms with E-state index in [2.05, 4.69) is 33.5 Å². The fraction of sp³-hybridized carbons (Fsp3) is 0.471. The second kappa shape index (κ2) is 8.41. The highest BCUT2D eigenvalue weighted by atomic mass is 32.2. The van der Waals surface area contributed by atoms with E-state index in [0.29, 0.717) is 17.2 Å². The first kappa shape index (κ1) is 19.8. The number of aryl methyl sites for hydroxylation is 2. The van der Waals surface area contributed by atoms with Gasteiger partial charge in [-0.3, -0.25) is 0 Å². The SMILES string of the molecule is CCCCc1noc(CSc2nc3cc(S(N)(=O)=O)ccc3n2CCC)n1. The van der Waals surface area contributed by atoms with Crippen molar-refractivity contribution in [2.75, 3.05) is 0 Å². The van der Waals surface area contributed by atoms with Gasteiger partial charge in [0.2, 0.25) is 15.9 Å². The zero-order valence-corrected chi connectivity index (χ0v) is 17.0. The molecule has 0 fully saturated rings. The van der Waals surface area contributed by atoms with E-state index in [4.69, 9.17) is 9.66 Å². The molecule has 2 heterocycles. The van der Waals surface area contributed by atoms with Gasteiger partial charge in [-0.2, -0.15) is 4.98 Å². The molecule has 0 bridgehead atoms. The van der Waals surface area contributed by atoms with E-state index in [-0.39, 0.29) is 4.90 Å². The van der Waals surface area contributed by atoms with Crippen molar-refractivity contribution >= 4 is 32.8 Å². The molecule has 0 amide bonds. The number of nitrogens with two attached hydrogens (primary N) is 1.